The number of aromatic amines is 1. The lowest BCUT2D eigenvalue weighted by atomic mass is 10.1. The van der Waals surface area contributed by atoms with E-state index in [1.54, 1.807) is 6.07 Å². The molecule has 1 aromatic carbocycles. The highest BCUT2D eigenvalue weighted by Gasteiger charge is 2.20. The second-order valence-electron chi connectivity index (χ2n) is 5.20. The molecule has 0 aliphatic heterocycles. The number of rotatable bonds is 4. The summed E-state index contributed by atoms with van der Waals surface area (Å²) in [5.41, 5.74) is 2.72. The van der Waals surface area contributed by atoms with E-state index in [1.165, 1.54) is 12.8 Å². The zero-order valence-corrected chi connectivity index (χ0v) is 12.8. The van der Waals surface area contributed by atoms with Crippen molar-refractivity contribution in [3.63, 3.8) is 0 Å². The molecule has 104 valence electrons. The lowest BCUT2D eigenvalue weighted by Crippen LogP contribution is -2.19. The van der Waals surface area contributed by atoms with Crippen molar-refractivity contribution in [2.45, 2.75) is 32.4 Å². The van der Waals surface area contributed by atoms with E-state index in [-0.39, 0.29) is 5.56 Å². The quantitative estimate of drug-likeness (QED) is 0.904. The van der Waals surface area contributed by atoms with Gasteiger partial charge in [-0.15, -0.1) is 0 Å². The van der Waals surface area contributed by atoms with Gasteiger partial charge >= 0.3 is 0 Å². The minimum atomic E-state index is -0.107. The molecular weight excluding hydrogens is 318 g/mol. The average molecular weight is 334 g/mol. The number of hydrogen-bond acceptors (Lipinski definition) is 3. The summed E-state index contributed by atoms with van der Waals surface area (Å²) in [5.74, 6) is 0.634. The van der Waals surface area contributed by atoms with Crippen LogP contribution in [0.5, 0.6) is 0 Å². The zero-order chi connectivity index (χ0) is 14.1. The number of nitrogens with zero attached hydrogens (tertiary/aromatic N) is 1. The van der Waals surface area contributed by atoms with Crippen LogP contribution in [-0.2, 0) is 6.54 Å². The minimum absolute atomic E-state index is 0.107. The van der Waals surface area contributed by atoms with Crippen LogP contribution in [0.2, 0.25) is 0 Å². The van der Waals surface area contributed by atoms with Crippen LogP contribution in [0.1, 0.15) is 24.1 Å². The molecular formula is C15H16BrN3O. The van der Waals surface area contributed by atoms with E-state index in [1.807, 2.05) is 25.1 Å². The van der Waals surface area contributed by atoms with Crippen molar-refractivity contribution in [3.05, 3.63) is 50.3 Å². The number of halogens is 1. The van der Waals surface area contributed by atoms with Crippen molar-refractivity contribution < 1.29 is 0 Å². The summed E-state index contributed by atoms with van der Waals surface area (Å²) in [7, 11) is 0. The fourth-order valence-corrected chi connectivity index (χ4v) is 2.63. The highest BCUT2D eigenvalue weighted by atomic mass is 79.9. The van der Waals surface area contributed by atoms with Crippen LogP contribution in [-0.4, -0.2) is 16.0 Å². The summed E-state index contributed by atoms with van der Waals surface area (Å²) in [6.45, 7) is 2.66. The smallest absolute Gasteiger partial charge is 0.251 e. The molecule has 1 fully saturated rings. The van der Waals surface area contributed by atoms with Gasteiger partial charge in [-0.2, -0.15) is 0 Å². The molecule has 0 radical (unpaired) electrons. The maximum absolute atomic E-state index is 11.8. The predicted octanol–water partition coefficient (Wildman–Crippen LogP) is 2.76. The van der Waals surface area contributed by atoms with Gasteiger partial charge in [0, 0.05) is 28.7 Å². The topological polar surface area (TPSA) is 57.8 Å². The maximum atomic E-state index is 11.8. The summed E-state index contributed by atoms with van der Waals surface area (Å²) >= 11 is 3.44. The normalized spacial score (nSPS) is 14.5. The Kier molecular flexibility index (Phi) is 3.72. The Bertz CT molecular complexity index is 692. The molecule has 1 aliphatic carbocycles. The van der Waals surface area contributed by atoms with E-state index in [4.69, 9.17) is 0 Å². The molecule has 0 amide bonds. The van der Waals surface area contributed by atoms with Gasteiger partial charge in [-0.25, -0.2) is 4.98 Å². The molecule has 20 heavy (non-hydrogen) atoms. The third-order valence-electron chi connectivity index (χ3n) is 3.39. The monoisotopic (exact) mass is 333 g/mol. The minimum Gasteiger partial charge on any atom is -0.308 e. The molecule has 0 bridgehead atoms. The van der Waals surface area contributed by atoms with Crippen LogP contribution < -0.4 is 10.9 Å². The molecule has 1 saturated carbocycles. The molecule has 0 spiro atoms. The van der Waals surface area contributed by atoms with Crippen LogP contribution >= 0.6 is 15.9 Å². The number of benzene rings is 1. The fraction of sp³-hybridized carbons (Fsp3) is 0.333. The standard InChI is InChI=1S/C15H16BrN3O/c1-9-6-10(16)2-5-13(9)15-18-12(7-14(20)19-15)8-17-11-3-4-11/h2,5-7,11,17H,3-4,8H2,1H3,(H,18,19,20). The summed E-state index contributed by atoms with van der Waals surface area (Å²) in [6.07, 6.45) is 2.45. The molecule has 0 atom stereocenters. The average Bonchev–Trinajstić information content (AvgIpc) is 3.19. The van der Waals surface area contributed by atoms with E-state index in [2.05, 4.69) is 31.2 Å². The molecule has 4 nitrogen and oxygen atoms in total. The molecule has 3 rings (SSSR count). The van der Waals surface area contributed by atoms with Crippen molar-refractivity contribution in [1.29, 1.82) is 0 Å². The molecule has 2 aromatic rings. The Hall–Kier alpha value is -1.46. The zero-order valence-electron chi connectivity index (χ0n) is 11.2. The lowest BCUT2D eigenvalue weighted by molar-refractivity contribution is 0.672. The first-order valence-corrected chi connectivity index (χ1v) is 7.51. The molecule has 1 aromatic heterocycles. The van der Waals surface area contributed by atoms with Crippen molar-refractivity contribution in [2.75, 3.05) is 0 Å². The number of hydrogen-bond donors (Lipinski definition) is 2. The largest absolute Gasteiger partial charge is 0.308 e. The van der Waals surface area contributed by atoms with E-state index >= 15 is 0 Å². The van der Waals surface area contributed by atoms with Crippen LogP contribution in [0.25, 0.3) is 11.4 Å². The van der Waals surface area contributed by atoms with Crippen LogP contribution in [0.4, 0.5) is 0 Å². The second-order valence-corrected chi connectivity index (χ2v) is 6.12. The summed E-state index contributed by atoms with van der Waals surface area (Å²) in [6, 6.07) is 8.11. The number of H-pyrrole nitrogens is 1. The van der Waals surface area contributed by atoms with Gasteiger partial charge in [-0.3, -0.25) is 4.79 Å². The van der Waals surface area contributed by atoms with Gasteiger partial charge in [-0.1, -0.05) is 15.9 Å². The second kappa shape index (κ2) is 5.50. The number of nitrogens with one attached hydrogen (secondary N) is 2. The van der Waals surface area contributed by atoms with Crippen molar-refractivity contribution >= 4 is 15.9 Å². The Morgan fingerprint density at radius 1 is 1.40 bits per heavy atom. The van der Waals surface area contributed by atoms with E-state index in [0.29, 0.717) is 18.4 Å². The van der Waals surface area contributed by atoms with E-state index in [0.717, 1.165) is 21.3 Å². The highest BCUT2D eigenvalue weighted by Crippen LogP contribution is 2.23. The molecule has 2 N–H and O–H groups in total. The van der Waals surface area contributed by atoms with Crippen molar-refractivity contribution in [2.24, 2.45) is 0 Å². The Morgan fingerprint density at radius 2 is 2.20 bits per heavy atom. The summed E-state index contributed by atoms with van der Waals surface area (Å²) in [4.78, 5) is 19.2. The van der Waals surface area contributed by atoms with Gasteiger partial charge in [0.05, 0.1) is 5.69 Å². The Labute approximate surface area is 125 Å². The summed E-state index contributed by atoms with van der Waals surface area (Å²) < 4.78 is 1.02. The van der Waals surface area contributed by atoms with E-state index in [9.17, 15) is 4.79 Å². The fourth-order valence-electron chi connectivity index (χ4n) is 2.16. The number of aryl methyl sites for hydroxylation is 1. The predicted molar refractivity (Wildman–Crippen MR) is 82.6 cm³/mol. The molecule has 1 aliphatic rings. The van der Waals surface area contributed by atoms with Crippen LogP contribution in [0.3, 0.4) is 0 Å². The Balaban J connectivity index is 1.93. The first-order chi connectivity index (χ1) is 9.61. The molecule has 0 saturated heterocycles. The van der Waals surface area contributed by atoms with Gasteiger partial charge in [-0.05, 0) is 43.5 Å². The van der Waals surface area contributed by atoms with Gasteiger partial charge in [0.1, 0.15) is 5.82 Å². The first kappa shape index (κ1) is 13.5. The van der Waals surface area contributed by atoms with Gasteiger partial charge in [0.2, 0.25) is 0 Å². The lowest BCUT2D eigenvalue weighted by Gasteiger charge is -2.08. The molecule has 5 heteroatoms. The number of aromatic nitrogens is 2. The van der Waals surface area contributed by atoms with Crippen LogP contribution in [0, 0.1) is 6.92 Å². The van der Waals surface area contributed by atoms with Gasteiger partial charge < -0.3 is 10.3 Å². The molecule has 0 unspecified atom stereocenters. The third-order valence-corrected chi connectivity index (χ3v) is 3.88. The SMILES string of the molecule is Cc1cc(Br)ccc1-c1nc(CNC2CC2)cc(=O)[nH]1. The first-order valence-electron chi connectivity index (χ1n) is 6.72. The van der Waals surface area contributed by atoms with Gasteiger partial charge in [0.25, 0.3) is 5.56 Å². The van der Waals surface area contributed by atoms with E-state index < -0.39 is 0 Å². The highest BCUT2D eigenvalue weighted by molar-refractivity contribution is 9.10. The Morgan fingerprint density at radius 3 is 2.90 bits per heavy atom. The van der Waals surface area contributed by atoms with Crippen molar-refractivity contribution in [1.82, 2.24) is 15.3 Å². The molecule has 1 heterocycles. The van der Waals surface area contributed by atoms with Gasteiger partial charge in [0.15, 0.2) is 0 Å². The van der Waals surface area contributed by atoms with Crippen molar-refractivity contribution in [3.8, 4) is 11.4 Å². The van der Waals surface area contributed by atoms with Crippen LogP contribution in [0.15, 0.2) is 33.5 Å². The third kappa shape index (κ3) is 3.16. The maximum Gasteiger partial charge on any atom is 0.251 e. The summed E-state index contributed by atoms with van der Waals surface area (Å²) in [5, 5.41) is 3.38.